The molecule has 204 valence electrons. The minimum absolute atomic E-state index is 0.0108. The molecule has 1 amide bonds. The van der Waals surface area contributed by atoms with Crippen molar-refractivity contribution in [3.63, 3.8) is 0 Å². The monoisotopic (exact) mass is 544 g/mol. The Morgan fingerprint density at radius 3 is 1.73 bits per heavy atom. The fourth-order valence-corrected chi connectivity index (χ4v) is 3.94. The van der Waals surface area contributed by atoms with Crippen molar-refractivity contribution in [1.82, 2.24) is 0 Å². The predicted molar refractivity (Wildman–Crippen MR) is 144 cm³/mol. The van der Waals surface area contributed by atoms with Gasteiger partial charge in [0.25, 0.3) is 0 Å². The first-order valence-electron chi connectivity index (χ1n) is 12.4. The van der Waals surface area contributed by atoms with E-state index < -0.39 is 35.4 Å². The molecular formula is C31H26F2N2O5. The van der Waals surface area contributed by atoms with E-state index in [4.69, 9.17) is 15.2 Å². The summed E-state index contributed by atoms with van der Waals surface area (Å²) in [6, 6.07) is 24.8. The van der Waals surface area contributed by atoms with Gasteiger partial charge in [0.05, 0.1) is 17.0 Å². The van der Waals surface area contributed by atoms with Crippen LogP contribution in [0.2, 0.25) is 0 Å². The number of amides is 1. The second-order valence-corrected chi connectivity index (χ2v) is 8.87. The van der Waals surface area contributed by atoms with E-state index in [9.17, 15) is 23.2 Å². The maximum atomic E-state index is 14.4. The van der Waals surface area contributed by atoms with Crippen LogP contribution in [0.25, 0.3) is 0 Å². The number of esters is 2. The molecule has 0 spiro atoms. The number of anilines is 1. The highest BCUT2D eigenvalue weighted by Gasteiger charge is 2.24. The number of nitrogens with two attached hydrogens (primary N) is 1. The highest BCUT2D eigenvalue weighted by Crippen LogP contribution is 2.24. The van der Waals surface area contributed by atoms with E-state index in [1.165, 1.54) is 18.2 Å². The van der Waals surface area contributed by atoms with Gasteiger partial charge in [-0.15, -0.1) is 0 Å². The third-order valence-electron chi connectivity index (χ3n) is 5.99. The number of halogens is 2. The van der Waals surface area contributed by atoms with Crippen LogP contribution in [0, 0.1) is 11.6 Å². The van der Waals surface area contributed by atoms with Crippen molar-refractivity contribution in [2.75, 3.05) is 11.9 Å². The summed E-state index contributed by atoms with van der Waals surface area (Å²) in [5.74, 6) is -5.07. The first-order valence-corrected chi connectivity index (χ1v) is 12.4. The standard InChI is InChI=1S/C31H26F2N2O5/c32-24-11-12-26(28(33)16-24)27(17-34)29(36)35-25-14-22(30(37)39-18-20-7-3-1-4-8-20)13-23(15-25)31(38)40-19-21-9-5-2-6-10-21/h1-16,27H,17-19,34H2,(H,35,36). The van der Waals surface area contributed by atoms with Crippen LogP contribution in [-0.2, 0) is 27.5 Å². The summed E-state index contributed by atoms with van der Waals surface area (Å²) in [5, 5.41) is 2.58. The number of nitrogens with one attached hydrogen (secondary N) is 1. The van der Waals surface area contributed by atoms with Gasteiger partial charge in [-0.2, -0.15) is 0 Å². The molecule has 0 saturated heterocycles. The van der Waals surface area contributed by atoms with Crippen molar-refractivity contribution < 1.29 is 32.6 Å². The van der Waals surface area contributed by atoms with Crippen LogP contribution in [0.5, 0.6) is 0 Å². The Balaban J connectivity index is 1.58. The van der Waals surface area contributed by atoms with Crippen molar-refractivity contribution in [2.24, 2.45) is 5.73 Å². The van der Waals surface area contributed by atoms with Crippen LogP contribution < -0.4 is 11.1 Å². The molecule has 0 saturated carbocycles. The lowest BCUT2D eigenvalue weighted by Gasteiger charge is -2.17. The van der Waals surface area contributed by atoms with E-state index >= 15 is 0 Å². The van der Waals surface area contributed by atoms with Crippen molar-refractivity contribution in [2.45, 2.75) is 19.1 Å². The van der Waals surface area contributed by atoms with Crippen LogP contribution in [-0.4, -0.2) is 24.4 Å². The molecule has 0 aliphatic carbocycles. The van der Waals surface area contributed by atoms with Gasteiger partial charge in [0, 0.05) is 23.9 Å². The molecule has 7 nitrogen and oxygen atoms in total. The van der Waals surface area contributed by atoms with Gasteiger partial charge in [0.15, 0.2) is 0 Å². The van der Waals surface area contributed by atoms with E-state index in [0.717, 1.165) is 23.3 Å². The Bertz CT molecular complexity index is 1420. The normalized spacial score (nSPS) is 11.4. The number of carbonyl (C=O) groups excluding carboxylic acids is 3. The average Bonchev–Trinajstić information content (AvgIpc) is 2.97. The molecule has 0 aliphatic rings. The molecule has 9 heteroatoms. The lowest BCUT2D eigenvalue weighted by atomic mass is 9.97. The zero-order valence-corrected chi connectivity index (χ0v) is 21.3. The van der Waals surface area contributed by atoms with Gasteiger partial charge in [-0.3, -0.25) is 4.79 Å². The van der Waals surface area contributed by atoms with Crippen LogP contribution in [0.4, 0.5) is 14.5 Å². The molecule has 0 aromatic heterocycles. The fraction of sp³-hybridized carbons (Fsp3) is 0.129. The number of rotatable bonds is 10. The Morgan fingerprint density at radius 2 is 1.25 bits per heavy atom. The van der Waals surface area contributed by atoms with Gasteiger partial charge in [0.2, 0.25) is 5.91 Å². The summed E-state index contributed by atoms with van der Waals surface area (Å²) >= 11 is 0. The van der Waals surface area contributed by atoms with Crippen molar-refractivity contribution in [3.8, 4) is 0 Å². The summed E-state index contributed by atoms with van der Waals surface area (Å²) in [6.45, 7) is -0.300. The van der Waals surface area contributed by atoms with E-state index in [1.54, 1.807) is 48.5 Å². The van der Waals surface area contributed by atoms with Crippen LogP contribution in [0.3, 0.4) is 0 Å². The van der Waals surface area contributed by atoms with Gasteiger partial charge >= 0.3 is 11.9 Å². The average molecular weight is 545 g/mol. The third-order valence-corrected chi connectivity index (χ3v) is 5.99. The summed E-state index contributed by atoms with van der Waals surface area (Å²) in [7, 11) is 0. The maximum absolute atomic E-state index is 14.4. The van der Waals surface area contributed by atoms with Gasteiger partial charge in [-0.25, -0.2) is 18.4 Å². The highest BCUT2D eigenvalue weighted by atomic mass is 19.1. The summed E-state index contributed by atoms with van der Waals surface area (Å²) in [4.78, 5) is 38.9. The van der Waals surface area contributed by atoms with E-state index in [1.807, 2.05) is 12.1 Å². The second-order valence-electron chi connectivity index (χ2n) is 8.87. The maximum Gasteiger partial charge on any atom is 0.338 e. The SMILES string of the molecule is NCC(C(=O)Nc1cc(C(=O)OCc2ccccc2)cc(C(=O)OCc2ccccc2)c1)c1ccc(F)cc1F. The molecular weight excluding hydrogens is 518 g/mol. The minimum Gasteiger partial charge on any atom is -0.457 e. The zero-order chi connectivity index (χ0) is 28.5. The Hall–Kier alpha value is -4.89. The highest BCUT2D eigenvalue weighted by molar-refractivity contribution is 6.01. The van der Waals surface area contributed by atoms with Gasteiger partial charge < -0.3 is 20.5 Å². The summed E-state index contributed by atoms with van der Waals surface area (Å²) < 4.78 is 38.6. The van der Waals surface area contributed by atoms with Crippen molar-refractivity contribution in [3.05, 3.63) is 137 Å². The molecule has 1 unspecified atom stereocenters. The molecule has 0 radical (unpaired) electrons. The Morgan fingerprint density at radius 1 is 0.725 bits per heavy atom. The predicted octanol–water partition coefficient (Wildman–Crippen LogP) is 5.36. The zero-order valence-electron chi connectivity index (χ0n) is 21.3. The van der Waals surface area contributed by atoms with Crippen LogP contribution >= 0.6 is 0 Å². The molecule has 0 heterocycles. The number of ether oxygens (including phenoxy) is 2. The molecule has 1 atom stereocenters. The van der Waals surface area contributed by atoms with Crippen molar-refractivity contribution in [1.29, 1.82) is 0 Å². The fourth-order valence-electron chi connectivity index (χ4n) is 3.94. The molecule has 0 bridgehead atoms. The first kappa shape index (κ1) is 28.1. The lowest BCUT2D eigenvalue weighted by molar-refractivity contribution is -0.117. The van der Waals surface area contributed by atoms with Gasteiger partial charge in [0.1, 0.15) is 24.8 Å². The Kier molecular flexibility index (Phi) is 9.32. The summed E-state index contributed by atoms with van der Waals surface area (Å²) in [6.07, 6.45) is 0. The first-order chi connectivity index (χ1) is 19.3. The van der Waals surface area contributed by atoms with Gasteiger partial charge in [-0.1, -0.05) is 66.7 Å². The van der Waals surface area contributed by atoms with E-state index in [0.29, 0.717) is 6.07 Å². The summed E-state index contributed by atoms with van der Waals surface area (Å²) in [5.41, 5.74) is 7.20. The van der Waals surface area contributed by atoms with E-state index in [-0.39, 0.29) is 42.1 Å². The molecule has 3 N–H and O–H groups in total. The van der Waals surface area contributed by atoms with Crippen LogP contribution in [0.15, 0.2) is 97.1 Å². The third kappa shape index (κ3) is 7.36. The molecule has 40 heavy (non-hydrogen) atoms. The topological polar surface area (TPSA) is 108 Å². The minimum atomic E-state index is -1.16. The number of hydrogen-bond donors (Lipinski definition) is 2. The lowest BCUT2D eigenvalue weighted by Crippen LogP contribution is -2.28. The van der Waals surface area contributed by atoms with Gasteiger partial charge in [-0.05, 0) is 35.4 Å². The Labute approximate surface area is 229 Å². The number of benzene rings is 4. The molecule has 0 aliphatic heterocycles. The quantitative estimate of drug-likeness (QED) is 0.260. The smallest absolute Gasteiger partial charge is 0.338 e. The number of carbonyl (C=O) groups is 3. The van der Waals surface area contributed by atoms with E-state index in [2.05, 4.69) is 5.32 Å². The van der Waals surface area contributed by atoms with Crippen LogP contribution in [0.1, 0.15) is 43.3 Å². The largest absolute Gasteiger partial charge is 0.457 e. The molecule has 0 fully saturated rings. The van der Waals surface area contributed by atoms with Crippen molar-refractivity contribution >= 4 is 23.5 Å². The molecule has 4 aromatic rings. The molecule has 4 aromatic carbocycles. The second kappa shape index (κ2) is 13.3. The molecule has 4 rings (SSSR count). The number of hydrogen-bond acceptors (Lipinski definition) is 6.